The van der Waals surface area contributed by atoms with Gasteiger partial charge in [0.15, 0.2) is 0 Å². The second-order valence-corrected chi connectivity index (χ2v) is 12.2. The molecule has 0 amide bonds. The molecule has 0 aliphatic carbocycles. The van der Waals surface area contributed by atoms with Crippen LogP contribution in [-0.4, -0.2) is 62.1 Å². The van der Waals surface area contributed by atoms with Gasteiger partial charge in [-0.1, -0.05) is 41.5 Å². The van der Waals surface area contributed by atoms with Crippen LogP contribution in [0.25, 0.3) is 0 Å². The molecule has 0 bridgehead atoms. The lowest BCUT2D eigenvalue weighted by Gasteiger charge is -2.26. The highest BCUT2D eigenvalue weighted by Gasteiger charge is 2.44. The molecule has 0 spiro atoms. The molecule has 0 aromatic heterocycles. The maximum Gasteiger partial charge on any atom is 0.332 e. The Morgan fingerprint density at radius 2 is 1.50 bits per heavy atom. The van der Waals surface area contributed by atoms with E-state index in [1.807, 2.05) is 34.6 Å². The molecule has 2 aliphatic rings. The molecule has 34 heavy (non-hydrogen) atoms. The van der Waals surface area contributed by atoms with Crippen molar-refractivity contribution in [1.29, 1.82) is 0 Å². The topological polar surface area (TPSA) is 89.5 Å². The Kier molecular flexibility index (Phi) is 11.4. The lowest BCUT2D eigenvalue weighted by molar-refractivity contribution is -0.155. The standard InChI is InChI=1S/C25H45O8P/c1-10-20-24(16(3)18(5)30-20)33-34(28-9)29-14-21-23(15(2)17(4)31-21)32-22(27)12-11-19(26)13-25(6,7)8/h15-18,20-21,23-24H,10-14H2,1-9H3. The predicted molar refractivity (Wildman–Crippen MR) is 130 cm³/mol. The number of ketones is 1. The third-order valence-corrected chi connectivity index (χ3v) is 7.81. The Morgan fingerprint density at radius 3 is 2.06 bits per heavy atom. The van der Waals surface area contributed by atoms with Gasteiger partial charge < -0.3 is 27.8 Å². The van der Waals surface area contributed by atoms with E-state index in [1.54, 1.807) is 7.11 Å². The molecular formula is C25H45O8P. The Hall–Kier alpha value is -0.630. The average Bonchev–Trinajstić information content (AvgIpc) is 3.18. The first-order chi connectivity index (χ1) is 15.9. The molecule has 2 aliphatic heterocycles. The Balaban J connectivity index is 1.89. The van der Waals surface area contributed by atoms with Crippen molar-refractivity contribution in [2.45, 2.75) is 118 Å². The van der Waals surface area contributed by atoms with Gasteiger partial charge in [0.1, 0.15) is 18.0 Å². The van der Waals surface area contributed by atoms with E-state index in [4.69, 9.17) is 27.8 Å². The van der Waals surface area contributed by atoms with Crippen molar-refractivity contribution in [2.75, 3.05) is 13.7 Å². The normalized spacial score (nSPS) is 34.9. The van der Waals surface area contributed by atoms with Gasteiger partial charge in [-0.2, -0.15) is 0 Å². The second-order valence-electron chi connectivity index (χ2n) is 10.9. The minimum Gasteiger partial charge on any atom is -0.459 e. The molecule has 198 valence electrons. The molecule has 9 atom stereocenters. The summed E-state index contributed by atoms with van der Waals surface area (Å²) in [6.45, 7) is 16.4. The highest BCUT2D eigenvalue weighted by Crippen LogP contribution is 2.46. The van der Waals surface area contributed by atoms with Gasteiger partial charge in [0, 0.05) is 31.8 Å². The number of ether oxygens (including phenoxy) is 3. The number of hydrogen-bond donors (Lipinski definition) is 0. The maximum atomic E-state index is 12.5. The van der Waals surface area contributed by atoms with Crippen molar-refractivity contribution in [3.63, 3.8) is 0 Å². The van der Waals surface area contributed by atoms with Gasteiger partial charge in [-0.15, -0.1) is 0 Å². The fourth-order valence-electron chi connectivity index (χ4n) is 4.47. The van der Waals surface area contributed by atoms with E-state index in [1.165, 1.54) is 0 Å². The molecule has 2 heterocycles. The third-order valence-electron chi connectivity index (χ3n) is 6.74. The van der Waals surface area contributed by atoms with Crippen LogP contribution in [0.4, 0.5) is 0 Å². The SMILES string of the molecule is CCC1OC(C)C(C)C1OP(OC)OCC1OC(C)C(C)C1OC(=O)CCC(=O)CC(C)(C)C. The molecule has 0 saturated carbocycles. The smallest absolute Gasteiger partial charge is 0.332 e. The van der Waals surface area contributed by atoms with E-state index in [0.717, 1.165) is 6.42 Å². The molecule has 2 saturated heterocycles. The second kappa shape index (κ2) is 13.1. The van der Waals surface area contributed by atoms with Crippen molar-refractivity contribution in [2.24, 2.45) is 17.3 Å². The van der Waals surface area contributed by atoms with Crippen molar-refractivity contribution in [3.8, 4) is 0 Å². The van der Waals surface area contributed by atoms with Crippen LogP contribution in [0, 0.1) is 17.3 Å². The first kappa shape index (κ1) is 29.6. The van der Waals surface area contributed by atoms with Gasteiger partial charge in [-0.05, 0) is 25.7 Å². The first-order valence-electron chi connectivity index (χ1n) is 12.5. The monoisotopic (exact) mass is 504 g/mol. The lowest BCUT2D eigenvalue weighted by Crippen LogP contribution is -2.34. The first-order valence-corrected chi connectivity index (χ1v) is 13.6. The molecule has 8 nitrogen and oxygen atoms in total. The summed E-state index contributed by atoms with van der Waals surface area (Å²) in [7, 11) is -0.0466. The Morgan fingerprint density at radius 1 is 0.912 bits per heavy atom. The number of esters is 1. The largest absolute Gasteiger partial charge is 0.459 e. The summed E-state index contributed by atoms with van der Waals surface area (Å²) in [6.07, 6.45) is 0.606. The summed E-state index contributed by atoms with van der Waals surface area (Å²) in [4.78, 5) is 24.6. The Bertz CT molecular complexity index is 666. The van der Waals surface area contributed by atoms with Gasteiger partial charge in [0.25, 0.3) is 0 Å². The van der Waals surface area contributed by atoms with E-state index in [2.05, 4.69) is 20.8 Å². The predicted octanol–water partition coefficient (Wildman–Crippen LogP) is 5.22. The van der Waals surface area contributed by atoms with Crippen LogP contribution in [0.3, 0.4) is 0 Å². The summed E-state index contributed by atoms with van der Waals surface area (Å²) >= 11 is 0. The van der Waals surface area contributed by atoms with Gasteiger partial charge in [0.05, 0.1) is 37.4 Å². The van der Waals surface area contributed by atoms with Gasteiger partial charge in [0.2, 0.25) is 0 Å². The summed E-state index contributed by atoms with van der Waals surface area (Å²) in [6, 6.07) is 0. The average molecular weight is 505 g/mol. The summed E-state index contributed by atoms with van der Waals surface area (Å²) < 4.78 is 35.4. The van der Waals surface area contributed by atoms with E-state index >= 15 is 0 Å². The zero-order valence-electron chi connectivity index (χ0n) is 22.4. The summed E-state index contributed by atoms with van der Waals surface area (Å²) in [5.41, 5.74) is -0.0912. The third kappa shape index (κ3) is 8.49. The fraction of sp³-hybridized carbons (Fsp3) is 0.920. The highest BCUT2D eigenvalue weighted by molar-refractivity contribution is 7.41. The summed E-state index contributed by atoms with van der Waals surface area (Å²) in [5.74, 6) is -0.0813. The molecule has 2 rings (SSSR count). The maximum absolute atomic E-state index is 12.5. The molecule has 0 aromatic carbocycles. The molecule has 0 N–H and O–H groups in total. The fourth-order valence-corrected chi connectivity index (χ4v) is 5.51. The van der Waals surface area contributed by atoms with Gasteiger partial charge in [-0.3, -0.25) is 9.59 Å². The molecular weight excluding hydrogens is 459 g/mol. The molecule has 9 heteroatoms. The highest BCUT2D eigenvalue weighted by atomic mass is 31.2. The van der Waals surface area contributed by atoms with Crippen molar-refractivity contribution in [1.82, 2.24) is 0 Å². The van der Waals surface area contributed by atoms with Crippen LogP contribution in [0.5, 0.6) is 0 Å². The van der Waals surface area contributed by atoms with Gasteiger partial charge in [-0.25, -0.2) is 0 Å². The van der Waals surface area contributed by atoms with E-state index in [0.29, 0.717) is 6.42 Å². The zero-order valence-corrected chi connectivity index (χ0v) is 23.3. The molecule has 2 fully saturated rings. The van der Waals surface area contributed by atoms with Crippen molar-refractivity contribution in [3.05, 3.63) is 0 Å². The van der Waals surface area contributed by atoms with Crippen LogP contribution in [-0.2, 0) is 37.4 Å². The minimum absolute atomic E-state index is 0.00564. The molecule has 9 unspecified atom stereocenters. The van der Waals surface area contributed by atoms with Crippen molar-refractivity contribution < 1.29 is 37.4 Å². The summed E-state index contributed by atoms with van der Waals surface area (Å²) in [5, 5.41) is 0. The molecule has 0 radical (unpaired) electrons. The lowest BCUT2D eigenvalue weighted by atomic mass is 9.89. The number of hydrogen-bond acceptors (Lipinski definition) is 8. The number of carbonyl (C=O) groups is 2. The van der Waals surface area contributed by atoms with E-state index in [9.17, 15) is 9.59 Å². The van der Waals surface area contributed by atoms with Crippen LogP contribution >= 0.6 is 8.60 Å². The van der Waals surface area contributed by atoms with Crippen molar-refractivity contribution >= 4 is 20.4 Å². The number of carbonyl (C=O) groups excluding carboxylic acids is 2. The Labute approximate surface area is 206 Å². The van der Waals surface area contributed by atoms with Crippen LogP contribution in [0.2, 0.25) is 0 Å². The van der Waals surface area contributed by atoms with E-state index < -0.39 is 20.8 Å². The van der Waals surface area contributed by atoms with Crippen LogP contribution in [0.15, 0.2) is 0 Å². The van der Waals surface area contributed by atoms with E-state index in [-0.39, 0.29) is 72.9 Å². The zero-order chi connectivity index (χ0) is 25.6. The minimum atomic E-state index is -1.61. The number of rotatable bonds is 12. The molecule has 0 aromatic rings. The van der Waals surface area contributed by atoms with Crippen LogP contribution < -0.4 is 0 Å². The van der Waals surface area contributed by atoms with Crippen LogP contribution in [0.1, 0.15) is 81.1 Å². The number of Topliss-reactive ketones (excluding diaryl/α,β-unsaturated/α-hetero) is 1. The quantitative estimate of drug-likeness (QED) is 0.264. The van der Waals surface area contributed by atoms with Gasteiger partial charge >= 0.3 is 14.6 Å².